The van der Waals surface area contributed by atoms with Crippen molar-refractivity contribution in [3.63, 3.8) is 0 Å². The molecular formula is C13H16NO. The molecule has 3 rings (SSSR count). The lowest BCUT2D eigenvalue weighted by molar-refractivity contribution is 0.0370. The third kappa shape index (κ3) is 1.48. The maximum absolute atomic E-state index is 5.75. The number of ether oxygens (including phenoxy) is 1. The summed E-state index contributed by atoms with van der Waals surface area (Å²) < 4.78 is 5.75. The summed E-state index contributed by atoms with van der Waals surface area (Å²) in [4.78, 5) is 0. The largest absolute Gasteiger partial charge is 0.376 e. The number of nitrogens with zero attached hydrogens (tertiary/aromatic N) is 1. The summed E-state index contributed by atoms with van der Waals surface area (Å²) in [5, 5.41) is 4.44. The minimum Gasteiger partial charge on any atom is -0.376 e. The molecule has 0 N–H and O–H groups in total. The number of benzene rings is 1. The Morgan fingerprint density at radius 2 is 1.93 bits per heavy atom. The van der Waals surface area contributed by atoms with Crippen molar-refractivity contribution < 1.29 is 4.74 Å². The fourth-order valence-corrected chi connectivity index (χ4v) is 2.83. The second-order valence-electron chi connectivity index (χ2n) is 4.60. The van der Waals surface area contributed by atoms with E-state index in [0.29, 0.717) is 0 Å². The third-order valence-electron chi connectivity index (χ3n) is 3.72. The van der Waals surface area contributed by atoms with E-state index in [4.69, 9.17) is 4.74 Å². The van der Waals surface area contributed by atoms with Crippen LogP contribution in [0.15, 0.2) is 24.3 Å². The monoisotopic (exact) mass is 202 g/mol. The van der Waals surface area contributed by atoms with E-state index in [1.807, 2.05) is 0 Å². The number of rotatable bonds is 0. The Hall–Kier alpha value is -0.860. The normalized spacial score (nSPS) is 23.7. The van der Waals surface area contributed by atoms with Crippen LogP contribution in [-0.2, 0) is 16.8 Å². The van der Waals surface area contributed by atoms with E-state index in [1.54, 1.807) is 0 Å². The highest BCUT2D eigenvalue weighted by Gasteiger charge is 2.38. The first-order valence-electron chi connectivity index (χ1n) is 5.70. The Labute approximate surface area is 90.6 Å². The van der Waals surface area contributed by atoms with Crippen molar-refractivity contribution in [3.05, 3.63) is 35.4 Å². The van der Waals surface area contributed by atoms with Gasteiger partial charge in [-0.25, -0.2) is 5.32 Å². The quantitative estimate of drug-likeness (QED) is 0.629. The summed E-state index contributed by atoms with van der Waals surface area (Å²) in [6.45, 7) is 3.67. The molecule has 1 saturated heterocycles. The average molecular weight is 202 g/mol. The van der Waals surface area contributed by atoms with Gasteiger partial charge >= 0.3 is 0 Å². The van der Waals surface area contributed by atoms with Gasteiger partial charge < -0.3 is 4.74 Å². The molecule has 2 aliphatic heterocycles. The number of fused-ring (bicyclic) bond motifs is 2. The second-order valence-corrected chi connectivity index (χ2v) is 4.60. The van der Waals surface area contributed by atoms with Crippen molar-refractivity contribution in [2.24, 2.45) is 0 Å². The molecular weight excluding hydrogens is 186 g/mol. The van der Waals surface area contributed by atoms with Crippen molar-refractivity contribution in [1.82, 2.24) is 5.32 Å². The molecule has 0 unspecified atom stereocenters. The van der Waals surface area contributed by atoms with Crippen LogP contribution in [0.2, 0.25) is 0 Å². The fraction of sp³-hybridized carbons (Fsp3) is 0.538. The Morgan fingerprint density at radius 1 is 1.13 bits per heavy atom. The lowest BCUT2D eigenvalue weighted by Gasteiger charge is -2.41. The molecule has 0 amide bonds. The summed E-state index contributed by atoms with van der Waals surface area (Å²) in [6.07, 6.45) is 2.31. The van der Waals surface area contributed by atoms with E-state index in [1.165, 1.54) is 11.1 Å². The summed E-state index contributed by atoms with van der Waals surface area (Å²) >= 11 is 0. The standard InChI is InChI=1S/C13H16NO/c1-2-4-12-11(3-1)9-15-10-13(12)5-7-14-8-6-13/h1-4H,5-10H2. The van der Waals surface area contributed by atoms with Crippen molar-refractivity contribution >= 4 is 0 Å². The first kappa shape index (κ1) is 9.37. The smallest absolute Gasteiger partial charge is 0.0720 e. The van der Waals surface area contributed by atoms with Crippen LogP contribution < -0.4 is 5.32 Å². The first-order valence-corrected chi connectivity index (χ1v) is 5.70. The van der Waals surface area contributed by atoms with E-state index >= 15 is 0 Å². The van der Waals surface area contributed by atoms with Crippen molar-refractivity contribution in [2.75, 3.05) is 19.7 Å². The van der Waals surface area contributed by atoms with Gasteiger partial charge in [-0.2, -0.15) is 0 Å². The second kappa shape index (κ2) is 3.62. The molecule has 1 fully saturated rings. The first-order chi connectivity index (χ1) is 7.41. The molecule has 0 aliphatic carbocycles. The summed E-state index contributed by atoms with van der Waals surface area (Å²) in [6, 6.07) is 8.73. The van der Waals surface area contributed by atoms with Gasteiger partial charge in [-0.3, -0.25) is 0 Å². The zero-order valence-corrected chi connectivity index (χ0v) is 8.91. The third-order valence-corrected chi connectivity index (χ3v) is 3.72. The lowest BCUT2D eigenvalue weighted by atomic mass is 9.71. The van der Waals surface area contributed by atoms with Gasteiger partial charge in [0.05, 0.1) is 13.2 Å². The Kier molecular flexibility index (Phi) is 2.26. The minimum atomic E-state index is 0.274. The molecule has 0 saturated carbocycles. The van der Waals surface area contributed by atoms with Crippen LogP contribution in [-0.4, -0.2) is 19.7 Å². The molecule has 2 heteroatoms. The number of hydrogen-bond acceptors (Lipinski definition) is 1. The molecule has 1 radical (unpaired) electrons. The topological polar surface area (TPSA) is 23.3 Å². The van der Waals surface area contributed by atoms with E-state index < -0.39 is 0 Å². The highest BCUT2D eigenvalue weighted by molar-refractivity contribution is 5.36. The van der Waals surface area contributed by atoms with E-state index in [2.05, 4.69) is 29.6 Å². The van der Waals surface area contributed by atoms with Gasteiger partial charge in [-0.05, 0) is 24.0 Å². The molecule has 2 nitrogen and oxygen atoms in total. The van der Waals surface area contributed by atoms with E-state index in [-0.39, 0.29) is 5.41 Å². The highest BCUT2D eigenvalue weighted by atomic mass is 16.5. The van der Waals surface area contributed by atoms with E-state index in [9.17, 15) is 0 Å². The Balaban J connectivity index is 2.04. The van der Waals surface area contributed by atoms with Crippen LogP contribution >= 0.6 is 0 Å². The minimum absolute atomic E-state index is 0.274. The number of hydrogen-bond donors (Lipinski definition) is 0. The van der Waals surface area contributed by atoms with Crippen LogP contribution in [0.3, 0.4) is 0 Å². The van der Waals surface area contributed by atoms with Gasteiger partial charge in [0.15, 0.2) is 0 Å². The maximum atomic E-state index is 5.75. The molecule has 0 bridgehead atoms. The molecule has 15 heavy (non-hydrogen) atoms. The zero-order valence-electron chi connectivity index (χ0n) is 8.91. The van der Waals surface area contributed by atoms with Crippen molar-refractivity contribution in [2.45, 2.75) is 24.9 Å². The van der Waals surface area contributed by atoms with Gasteiger partial charge in [0, 0.05) is 18.5 Å². The Morgan fingerprint density at radius 3 is 2.80 bits per heavy atom. The lowest BCUT2D eigenvalue weighted by Crippen LogP contribution is -2.43. The van der Waals surface area contributed by atoms with Crippen LogP contribution in [0.25, 0.3) is 0 Å². The van der Waals surface area contributed by atoms with Crippen LogP contribution in [0.4, 0.5) is 0 Å². The van der Waals surface area contributed by atoms with Gasteiger partial charge in [-0.15, -0.1) is 0 Å². The maximum Gasteiger partial charge on any atom is 0.0720 e. The van der Waals surface area contributed by atoms with Crippen LogP contribution in [0.1, 0.15) is 24.0 Å². The molecule has 1 spiro atoms. The predicted octanol–water partition coefficient (Wildman–Crippen LogP) is 1.85. The average Bonchev–Trinajstić information content (AvgIpc) is 2.31. The van der Waals surface area contributed by atoms with Gasteiger partial charge in [0.25, 0.3) is 0 Å². The molecule has 1 aromatic rings. The molecule has 1 aromatic carbocycles. The van der Waals surface area contributed by atoms with Crippen molar-refractivity contribution in [3.8, 4) is 0 Å². The van der Waals surface area contributed by atoms with Gasteiger partial charge in [0.2, 0.25) is 0 Å². The molecule has 2 heterocycles. The zero-order chi connectivity index (χ0) is 10.1. The molecule has 0 atom stereocenters. The van der Waals surface area contributed by atoms with Gasteiger partial charge in [0.1, 0.15) is 0 Å². The SMILES string of the molecule is c1ccc2c(c1)COCC21CC[N]CC1. The van der Waals surface area contributed by atoms with Crippen LogP contribution in [0, 0.1) is 0 Å². The number of piperidine rings is 1. The Bertz CT molecular complexity index is 355. The van der Waals surface area contributed by atoms with Crippen LogP contribution in [0.5, 0.6) is 0 Å². The highest BCUT2D eigenvalue weighted by Crippen LogP contribution is 2.39. The molecule has 2 aliphatic rings. The van der Waals surface area contributed by atoms with Gasteiger partial charge in [-0.1, -0.05) is 24.3 Å². The molecule has 0 aromatic heterocycles. The summed E-state index contributed by atoms with van der Waals surface area (Å²) in [5.74, 6) is 0. The predicted molar refractivity (Wildman–Crippen MR) is 58.9 cm³/mol. The summed E-state index contributed by atoms with van der Waals surface area (Å²) in [7, 11) is 0. The molecule has 79 valence electrons. The van der Waals surface area contributed by atoms with E-state index in [0.717, 1.165) is 39.1 Å². The fourth-order valence-electron chi connectivity index (χ4n) is 2.83. The summed E-state index contributed by atoms with van der Waals surface area (Å²) in [5.41, 5.74) is 3.17. The van der Waals surface area contributed by atoms with Crippen molar-refractivity contribution in [1.29, 1.82) is 0 Å².